The Bertz CT molecular complexity index is 734. The molecule has 162 valence electrons. The van der Waals surface area contributed by atoms with E-state index in [9.17, 15) is 14.4 Å². The van der Waals surface area contributed by atoms with Crippen molar-refractivity contribution in [1.82, 2.24) is 20.9 Å². The Morgan fingerprint density at radius 1 is 1.31 bits per heavy atom. The number of nitrogens with one attached hydrogen (secondary N) is 3. The first-order chi connectivity index (χ1) is 13.3. The van der Waals surface area contributed by atoms with Crippen LogP contribution in [0.5, 0.6) is 0 Å². The summed E-state index contributed by atoms with van der Waals surface area (Å²) in [7, 11) is 1.55. The quantitative estimate of drug-likeness (QED) is 0.502. The van der Waals surface area contributed by atoms with Gasteiger partial charge in [-0.15, -0.1) is 12.4 Å². The van der Waals surface area contributed by atoms with Gasteiger partial charge in [0.1, 0.15) is 0 Å². The van der Waals surface area contributed by atoms with Gasteiger partial charge in [0.15, 0.2) is 0 Å². The maximum absolute atomic E-state index is 13.5. The minimum Gasteiger partial charge on any atom is -0.147 e. The fourth-order valence-corrected chi connectivity index (χ4v) is 3.87. The topological polar surface area (TPSA) is 103 Å². The van der Waals surface area contributed by atoms with Crippen molar-refractivity contribution in [2.75, 3.05) is 18.5 Å². The predicted molar refractivity (Wildman–Crippen MR) is 118 cm³/mol. The van der Waals surface area contributed by atoms with Crippen molar-refractivity contribution in [3.05, 3.63) is 23.9 Å². The van der Waals surface area contributed by atoms with E-state index in [0.717, 1.165) is 5.56 Å². The molecule has 10 heteroatoms. The first-order valence-electron chi connectivity index (χ1n) is 9.50. The molecule has 4 atom stereocenters. The molecule has 4 amide bonds. The van der Waals surface area contributed by atoms with Crippen molar-refractivity contribution in [3.8, 4) is 0 Å². The van der Waals surface area contributed by atoms with Gasteiger partial charge in [0.2, 0.25) is 0 Å². The van der Waals surface area contributed by atoms with Gasteiger partial charge in [-0.3, -0.25) is 0 Å². The molecular formula is C19H31AsClN5O3. The van der Waals surface area contributed by atoms with E-state index in [1.165, 1.54) is 0 Å². The molecule has 4 unspecified atom stereocenters. The molecule has 0 saturated heterocycles. The third-order valence-electron chi connectivity index (χ3n) is 4.94. The molecule has 2 rings (SSSR count). The zero-order chi connectivity index (χ0) is 20.8. The molecule has 0 bridgehead atoms. The normalized spacial score (nSPS) is 17.4. The number of anilines is 1. The van der Waals surface area contributed by atoms with E-state index in [1.807, 2.05) is 32.9 Å². The third-order valence-corrected chi connectivity index (χ3v) is 7.30. The summed E-state index contributed by atoms with van der Waals surface area (Å²) in [4.78, 5) is 43.6. The van der Waals surface area contributed by atoms with Crippen LogP contribution >= 0.6 is 12.4 Å². The Morgan fingerprint density at radius 2 is 2.00 bits per heavy atom. The zero-order valence-electron chi connectivity index (χ0n) is 17.5. The Morgan fingerprint density at radius 3 is 2.59 bits per heavy atom. The van der Waals surface area contributed by atoms with Crippen LogP contribution in [-0.4, -0.2) is 64.3 Å². The van der Waals surface area contributed by atoms with Crippen LogP contribution in [0.15, 0.2) is 18.3 Å². The summed E-state index contributed by atoms with van der Waals surface area (Å²) in [6.07, 6.45) is 2.26. The van der Waals surface area contributed by atoms with Crippen LogP contribution in [0.1, 0.15) is 26.3 Å². The number of aromatic nitrogens is 1. The number of carbonyl (C=O) groups excluding carboxylic acids is 3. The molecule has 8 nitrogen and oxygen atoms in total. The van der Waals surface area contributed by atoms with Gasteiger partial charge in [-0.2, -0.15) is 0 Å². The van der Waals surface area contributed by atoms with Crippen molar-refractivity contribution >= 4 is 51.8 Å². The van der Waals surface area contributed by atoms with E-state index in [1.54, 1.807) is 18.1 Å². The van der Waals surface area contributed by atoms with Crippen LogP contribution in [0.3, 0.4) is 0 Å². The number of halogens is 1. The number of rotatable bonds is 7. The second kappa shape index (κ2) is 11.4. The molecule has 1 aliphatic rings. The number of carbonyl (C=O) groups is 3. The Hall–Kier alpha value is -1.79. The van der Waals surface area contributed by atoms with E-state index in [2.05, 4.69) is 26.6 Å². The molecule has 0 saturated carbocycles. The van der Waals surface area contributed by atoms with Gasteiger partial charge in [0, 0.05) is 0 Å². The molecule has 29 heavy (non-hydrogen) atoms. The Labute approximate surface area is 185 Å². The van der Waals surface area contributed by atoms with Gasteiger partial charge in [0.25, 0.3) is 0 Å². The van der Waals surface area contributed by atoms with E-state index >= 15 is 0 Å². The molecule has 0 fully saturated rings. The molecular weight excluding hydrogens is 457 g/mol. The van der Waals surface area contributed by atoms with Crippen LogP contribution in [0.2, 0.25) is 10.4 Å². The molecule has 0 spiro atoms. The van der Waals surface area contributed by atoms with Gasteiger partial charge >= 0.3 is 173 Å². The summed E-state index contributed by atoms with van der Waals surface area (Å²) in [5, 5.41) is 8.24. The average Bonchev–Trinajstić information content (AvgIpc) is 3.06. The number of hydrogen-bond donors (Lipinski definition) is 3. The minimum absolute atomic E-state index is 0. The summed E-state index contributed by atoms with van der Waals surface area (Å²) in [5.41, 5.74) is 3.03. The number of urea groups is 1. The van der Waals surface area contributed by atoms with Crippen molar-refractivity contribution in [2.45, 2.75) is 49.7 Å². The van der Waals surface area contributed by atoms with Crippen molar-refractivity contribution in [1.29, 1.82) is 0 Å². The molecule has 0 aromatic carbocycles. The summed E-state index contributed by atoms with van der Waals surface area (Å²) in [5.74, 6) is 0.275. The summed E-state index contributed by atoms with van der Waals surface area (Å²) < 4.78 is -0.0382. The maximum Gasteiger partial charge on any atom is -0.147 e. The molecule has 0 aliphatic carbocycles. The van der Waals surface area contributed by atoms with E-state index < -0.39 is 6.04 Å². The largest absolute Gasteiger partial charge is 0.147 e. The van der Waals surface area contributed by atoms with Crippen molar-refractivity contribution in [3.63, 3.8) is 0 Å². The maximum atomic E-state index is 13.5. The van der Waals surface area contributed by atoms with Gasteiger partial charge < -0.3 is 0 Å². The van der Waals surface area contributed by atoms with Gasteiger partial charge in [-0.05, 0) is 0 Å². The SMILES string of the molecule is CNC(=O)NCC1Cc2cccnc2N1C(=O)C(NC(=O)C(C)[AsH]C)C(C)C.Cl. The summed E-state index contributed by atoms with van der Waals surface area (Å²) >= 11 is -0.380. The molecule has 1 aromatic rings. The zero-order valence-corrected chi connectivity index (χ0v) is 20.4. The summed E-state index contributed by atoms with van der Waals surface area (Å²) in [6.45, 7) is 6.05. The number of pyridine rings is 1. The van der Waals surface area contributed by atoms with Gasteiger partial charge in [-0.25, -0.2) is 0 Å². The van der Waals surface area contributed by atoms with Gasteiger partial charge in [-0.1, -0.05) is 0 Å². The Balaban J connectivity index is 0.00000420. The minimum atomic E-state index is -0.636. The number of fused-ring (bicyclic) bond motifs is 1. The fourth-order valence-electron chi connectivity index (χ4n) is 3.14. The Kier molecular flexibility index (Phi) is 9.93. The number of amides is 4. The standard InChI is InChI=1S/C19H30AsN5O3.ClH/c1-11(2)15(24-17(26)12(3)20-4)18(27)25-14(10-23-19(28)21-5)9-13-7-6-8-22-16(13)25;/h6-8,11-12,14-15,20H,9-10H2,1-5H3,(H,24,26)(H2,21,23,28);1H. The van der Waals surface area contributed by atoms with Gasteiger partial charge in [0.05, 0.1) is 0 Å². The fraction of sp³-hybridized carbons (Fsp3) is 0.579. The van der Waals surface area contributed by atoms with Crippen LogP contribution in [0.4, 0.5) is 10.6 Å². The number of nitrogens with zero attached hydrogens (tertiary/aromatic N) is 2. The van der Waals surface area contributed by atoms with Crippen LogP contribution in [0.25, 0.3) is 0 Å². The molecule has 3 N–H and O–H groups in total. The smallest absolute Gasteiger partial charge is 0.147 e. The van der Waals surface area contributed by atoms with Crippen LogP contribution in [-0.2, 0) is 16.0 Å². The first-order valence-corrected chi connectivity index (χ1v) is 12.8. The van der Waals surface area contributed by atoms with E-state index in [0.29, 0.717) is 18.8 Å². The molecule has 2 heterocycles. The predicted octanol–water partition coefficient (Wildman–Crippen LogP) is 1.12. The first kappa shape index (κ1) is 25.2. The number of hydrogen-bond acceptors (Lipinski definition) is 4. The second-order valence-electron chi connectivity index (χ2n) is 7.25. The molecule has 0 radical (unpaired) electrons. The van der Waals surface area contributed by atoms with E-state index in [-0.39, 0.29) is 62.7 Å². The molecule has 1 aliphatic heterocycles. The van der Waals surface area contributed by atoms with Crippen molar-refractivity contribution in [2.24, 2.45) is 5.92 Å². The average molecular weight is 488 g/mol. The third kappa shape index (κ3) is 6.09. The molecule has 1 aromatic heterocycles. The van der Waals surface area contributed by atoms with E-state index in [4.69, 9.17) is 0 Å². The van der Waals surface area contributed by atoms with Crippen LogP contribution < -0.4 is 20.9 Å². The summed E-state index contributed by atoms with van der Waals surface area (Å²) in [6, 6.07) is 2.60. The monoisotopic (exact) mass is 487 g/mol. The van der Waals surface area contributed by atoms with Crippen molar-refractivity contribution < 1.29 is 14.4 Å². The van der Waals surface area contributed by atoms with Crippen LogP contribution in [0, 0.1) is 5.92 Å². The second-order valence-corrected chi connectivity index (χ2v) is 10.3.